The van der Waals surface area contributed by atoms with Crippen molar-refractivity contribution in [2.75, 3.05) is 19.0 Å². The van der Waals surface area contributed by atoms with Crippen molar-refractivity contribution >= 4 is 28.2 Å². The lowest BCUT2D eigenvalue weighted by Gasteiger charge is -2.21. The Hall–Kier alpha value is -1.18. The summed E-state index contributed by atoms with van der Waals surface area (Å²) in [6, 6.07) is 6.49. The highest BCUT2D eigenvalue weighted by atomic mass is 32.2. The average Bonchev–Trinajstić information content (AvgIpc) is 2.94. The van der Waals surface area contributed by atoms with E-state index in [1.807, 2.05) is 25.9 Å². The Morgan fingerprint density at radius 2 is 1.95 bits per heavy atom. The molecule has 4 nitrogen and oxygen atoms in total. The molecule has 0 radical (unpaired) electrons. The maximum atomic E-state index is 13.1. The molecule has 0 fully saturated rings. The molecule has 0 bridgehead atoms. The van der Waals surface area contributed by atoms with Crippen LogP contribution < -0.4 is 10.6 Å². The normalized spacial score (nSPS) is 14.0. The van der Waals surface area contributed by atoms with Gasteiger partial charge >= 0.3 is 0 Å². The molecule has 0 aliphatic heterocycles. The third-order valence-electron chi connectivity index (χ3n) is 3.06. The fourth-order valence-corrected chi connectivity index (χ4v) is 4.00. The second-order valence-electron chi connectivity index (χ2n) is 4.91. The lowest BCUT2D eigenvalue weighted by molar-refractivity contribution is 0.617. The van der Waals surface area contributed by atoms with Crippen LogP contribution in [-0.2, 0) is 0 Å². The number of anilines is 1. The van der Waals surface area contributed by atoms with E-state index in [0.29, 0.717) is 0 Å². The van der Waals surface area contributed by atoms with Crippen molar-refractivity contribution in [2.24, 2.45) is 5.73 Å². The summed E-state index contributed by atoms with van der Waals surface area (Å²) in [5.41, 5.74) is 7.24. The molecule has 7 heteroatoms. The molecule has 0 aliphatic carbocycles. The number of nitrogens with two attached hydrogens (primary N) is 1. The van der Waals surface area contributed by atoms with Crippen LogP contribution in [0, 0.1) is 5.82 Å². The Morgan fingerprint density at radius 3 is 2.48 bits per heavy atom. The second kappa shape index (κ2) is 7.20. The second-order valence-corrected chi connectivity index (χ2v) is 7.25. The van der Waals surface area contributed by atoms with Crippen LogP contribution in [0.2, 0.25) is 0 Å². The van der Waals surface area contributed by atoms with Gasteiger partial charge in [-0.1, -0.05) is 42.2 Å². The van der Waals surface area contributed by atoms with Crippen molar-refractivity contribution in [1.29, 1.82) is 0 Å². The number of aromatic nitrogens is 2. The van der Waals surface area contributed by atoms with Gasteiger partial charge in [-0.3, -0.25) is 0 Å². The predicted octanol–water partition coefficient (Wildman–Crippen LogP) is 3.31. The first-order valence-electron chi connectivity index (χ1n) is 6.69. The first kappa shape index (κ1) is 16.2. The Labute approximate surface area is 132 Å². The minimum atomic E-state index is -0.238. The summed E-state index contributed by atoms with van der Waals surface area (Å²) >= 11 is 3.12. The molecule has 2 N–H and O–H groups in total. The molecule has 2 rings (SSSR count). The number of hydrogen-bond acceptors (Lipinski definition) is 6. The molecule has 2 unspecified atom stereocenters. The number of nitrogens with zero attached hydrogens (tertiary/aromatic N) is 3. The predicted molar refractivity (Wildman–Crippen MR) is 87.5 cm³/mol. The molecule has 1 aromatic carbocycles. The summed E-state index contributed by atoms with van der Waals surface area (Å²) in [4.78, 5) is 1.92. The van der Waals surface area contributed by atoms with Crippen molar-refractivity contribution in [2.45, 2.75) is 29.0 Å². The minimum absolute atomic E-state index is 0.0211. The van der Waals surface area contributed by atoms with Crippen molar-refractivity contribution in [1.82, 2.24) is 10.2 Å². The molecule has 0 saturated carbocycles. The molecule has 2 aromatic rings. The highest BCUT2D eigenvalue weighted by molar-refractivity contribution is 8.01. The summed E-state index contributed by atoms with van der Waals surface area (Å²) in [6.45, 7) is 2.05. The van der Waals surface area contributed by atoms with Crippen LogP contribution in [0.4, 0.5) is 9.52 Å². The van der Waals surface area contributed by atoms with Gasteiger partial charge in [0.15, 0.2) is 4.34 Å². The summed E-state index contributed by atoms with van der Waals surface area (Å²) in [7, 11) is 3.87. The zero-order valence-corrected chi connectivity index (χ0v) is 13.9. The van der Waals surface area contributed by atoms with E-state index in [9.17, 15) is 4.39 Å². The van der Waals surface area contributed by atoms with Crippen molar-refractivity contribution in [3.05, 3.63) is 35.6 Å². The Morgan fingerprint density at radius 1 is 1.29 bits per heavy atom. The van der Waals surface area contributed by atoms with Gasteiger partial charge in [-0.15, -0.1) is 10.2 Å². The maximum Gasteiger partial charge on any atom is 0.208 e. The van der Waals surface area contributed by atoms with Gasteiger partial charge in [0.25, 0.3) is 0 Å². The number of halogens is 1. The molecular formula is C14H19FN4S2. The van der Waals surface area contributed by atoms with Crippen molar-refractivity contribution in [3.63, 3.8) is 0 Å². The molecule has 1 aromatic heterocycles. The highest BCUT2D eigenvalue weighted by Crippen LogP contribution is 2.40. The quantitative estimate of drug-likeness (QED) is 0.825. The third-order valence-corrected chi connectivity index (χ3v) is 5.65. The Bertz CT molecular complexity index is 571. The standard InChI is InChI=1S/C14H19FN4S2/c1-4-11(16)12(9-5-7-10(15)8-6-9)20-14-18-17-13(21-14)19(2)3/h5-8,11-12H,4,16H2,1-3H3. The van der Waals surface area contributed by atoms with Crippen LogP contribution in [-0.4, -0.2) is 30.3 Å². The number of rotatable bonds is 6. The number of thioether (sulfide) groups is 1. The van der Waals surface area contributed by atoms with E-state index in [0.717, 1.165) is 21.5 Å². The van der Waals surface area contributed by atoms with Gasteiger partial charge in [-0.25, -0.2) is 4.39 Å². The summed E-state index contributed by atoms with van der Waals surface area (Å²) in [6.07, 6.45) is 0.842. The van der Waals surface area contributed by atoms with E-state index in [1.54, 1.807) is 23.9 Å². The van der Waals surface area contributed by atoms with Gasteiger partial charge in [0.05, 0.1) is 5.25 Å². The first-order chi connectivity index (χ1) is 10.0. The Kier molecular flexibility index (Phi) is 5.55. The third kappa shape index (κ3) is 4.15. The lowest BCUT2D eigenvalue weighted by Crippen LogP contribution is -2.25. The minimum Gasteiger partial charge on any atom is -0.353 e. The molecule has 2 atom stereocenters. The molecule has 0 aliphatic rings. The highest BCUT2D eigenvalue weighted by Gasteiger charge is 2.22. The van der Waals surface area contributed by atoms with E-state index in [4.69, 9.17) is 5.73 Å². The molecule has 0 amide bonds. The maximum absolute atomic E-state index is 13.1. The summed E-state index contributed by atoms with van der Waals surface area (Å²) in [5, 5.41) is 9.23. The van der Waals surface area contributed by atoms with Gasteiger partial charge in [0, 0.05) is 20.1 Å². The SMILES string of the molecule is CCC(N)C(Sc1nnc(N(C)C)s1)c1ccc(F)cc1. The fourth-order valence-electron chi connectivity index (χ4n) is 1.81. The van der Waals surface area contributed by atoms with Crippen molar-refractivity contribution in [3.8, 4) is 0 Å². The lowest BCUT2D eigenvalue weighted by atomic mass is 10.0. The van der Waals surface area contributed by atoms with Gasteiger partial charge in [-0.05, 0) is 24.1 Å². The van der Waals surface area contributed by atoms with Crippen molar-refractivity contribution < 1.29 is 4.39 Å². The molecule has 0 saturated heterocycles. The summed E-state index contributed by atoms with van der Waals surface area (Å²) in [5.74, 6) is -0.238. The van der Waals surface area contributed by atoms with Gasteiger partial charge < -0.3 is 10.6 Å². The fraction of sp³-hybridized carbons (Fsp3) is 0.429. The molecular weight excluding hydrogens is 307 g/mol. The smallest absolute Gasteiger partial charge is 0.208 e. The van der Waals surface area contributed by atoms with E-state index in [-0.39, 0.29) is 17.1 Å². The molecule has 114 valence electrons. The van der Waals surface area contributed by atoms with Crippen LogP contribution in [0.5, 0.6) is 0 Å². The largest absolute Gasteiger partial charge is 0.353 e. The number of hydrogen-bond donors (Lipinski definition) is 1. The van der Waals surface area contributed by atoms with Crippen LogP contribution >= 0.6 is 23.1 Å². The van der Waals surface area contributed by atoms with Crippen LogP contribution in [0.3, 0.4) is 0 Å². The zero-order chi connectivity index (χ0) is 15.4. The van der Waals surface area contributed by atoms with Crippen LogP contribution in [0.1, 0.15) is 24.2 Å². The number of benzene rings is 1. The van der Waals surface area contributed by atoms with Gasteiger partial charge in [0.2, 0.25) is 5.13 Å². The first-order valence-corrected chi connectivity index (χ1v) is 8.39. The van der Waals surface area contributed by atoms with E-state index in [2.05, 4.69) is 10.2 Å². The van der Waals surface area contributed by atoms with E-state index < -0.39 is 0 Å². The van der Waals surface area contributed by atoms with Gasteiger partial charge in [-0.2, -0.15) is 0 Å². The molecule has 0 spiro atoms. The van der Waals surface area contributed by atoms with Crippen LogP contribution in [0.25, 0.3) is 0 Å². The van der Waals surface area contributed by atoms with Gasteiger partial charge in [0.1, 0.15) is 5.82 Å². The molecule has 21 heavy (non-hydrogen) atoms. The van der Waals surface area contributed by atoms with E-state index >= 15 is 0 Å². The molecule has 1 heterocycles. The topological polar surface area (TPSA) is 55.0 Å². The van der Waals surface area contributed by atoms with Crippen LogP contribution in [0.15, 0.2) is 28.6 Å². The Balaban J connectivity index is 2.21. The summed E-state index contributed by atoms with van der Waals surface area (Å²) < 4.78 is 14.0. The average molecular weight is 326 g/mol. The van der Waals surface area contributed by atoms with E-state index in [1.165, 1.54) is 23.5 Å². The zero-order valence-electron chi connectivity index (χ0n) is 12.3. The monoisotopic (exact) mass is 326 g/mol.